The zero-order valence-corrected chi connectivity index (χ0v) is 81.7. The van der Waals surface area contributed by atoms with Gasteiger partial charge in [0.1, 0.15) is 59.2 Å². The highest BCUT2D eigenvalue weighted by Crippen LogP contribution is 2.42. The number of aromatic hydroxyl groups is 4. The topological polar surface area (TPSA) is 520 Å². The minimum Gasteiger partial charge on any atom is -0.507 e. The number of aliphatic hydroxyl groups is 4. The van der Waals surface area contributed by atoms with Gasteiger partial charge < -0.3 is 97.9 Å². The van der Waals surface area contributed by atoms with Gasteiger partial charge in [0, 0.05) is 139 Å². The van der Waals surface area contributed by atoms with Crippen molar-refractivity contribution in [2.45, 2.75) is 347 Å². The van der Waals surface area contributed by atoms with Crippen molar-refractivity contribution in [3.05, 3.63) is 95.1 Å². The SMILES string of the molecule is CCCCCCCCCCCCCCCC(=O)N(C)[C@H](CO)C(=O)N[C@H](C)C(=O)CCC(=O)N(C)[C@@H]1C(=O)C[C@@H](C)C(=O)N[C@H](C(=O)N[C@H](C)CO)Cc2ccc(O)c(c2)-c2cc1ccc2O.CCCCCCCCCCCCCCCC(=O)N(C)[C@H](CO)C(=O)N[C@H](C)C(=O)CCC(=O)N(C)[C@@H]1C(=O)C[C@@H](C)C(=O)N[C@H](C(=O)O)Cc2ccc(O)c(c2)-c2cc1ccc2O.C[C@@H](N)CO. The van der Waals surface area contributed by atoms with Crippen LogP contribution in [0.1, 0.15) is 308 Å². The maximum absolute atomic E-state index is 14.2. The van der Waals surface area contributed by atoms with Crippen LogP contribution in [-0.2, 0) is 80.0 Å². The number of rotatable bonds is 51. The number of phenols is 4. The third kappa shape index (κ3) is 39.9. The molecule has 0 radical (unpaired) electrons. The van der Waals surface area contributed by atoms with E-state index in [1.165, 1.54) is 242 Å². The van der Waals surface area contributed by atoms with Crippen molar-refractivity contribution in [2.75, 3.05) is 54.6 Å². The van der Waals surface area contributed by atoms with E-state index in [2.05, 4.69) is 40.4 Å². The number of aliphatic hydroxyl groups excluding tert-OH is 4. The zero-order chi connectivity index (χ0) is 101. The second-order valence-corrected chi connectivity index (χ2v) is 36.6. The van der Waals surface area contributed by atoms with Crippen LogP contribution in [0.15, 0.2) is 72.8 Å². The van der Waals surface area contributed by atoms with Crippen LogP contribution >= 0.6 is 0 Å². The van der Waals surface area contributed by atoms with Crippen LogP contribution in [0.25, 0.3) is 22.3 Å². The van der Waals surface area contributed by atoms with Gasteiger partial charge in [-0.15, -0.1) is 0 Å². The smallest absolute Gasteiger partial charge is 0.326 e. The van der Waals surface area contributed by atoms with E-state index in [1.54, 1.807) is 26.0 Å². The minimum absolute atomic E-state index is 0.0245. The molecule has 0 aromatic heterocycles. The molecule has 2 heterocycles. The first-order valence-corrected chi connectivity index (χ1v) is 48.6. The number of ketones is 4. The van der Waals surface area contributed by atoms with E-state index < -0.39 is 156 Å². The number of amides is 9. The Kier molecular flexibility index (Phi) is 53.6. The average Bonchev–Trinajstić information content (AvgIpc) is 0.788. The lowest BCUT2D eigenvalue weighted by Crippen LogP contribution is -2.53. The van der Waals surface area contributed by atoms with E-state index in [1.807, 2.05) is 0 Å². The van der Waals surface area contributed by atoms with E-state index in [0.717, 1.165) is 48.3 Å². The van der Waals surface area contributed by atoms with Crippen molar-refractivity contribution in [3.8, 4) is 45.3 Å². The molecule has 9 amide bonds. The molecule has 33 heteroatoms. The quantitative estimate of drug-likeness (QED) is 0.0183. The highest BCUT2D eigenvalue weighted by atomic mass is 16.4. The summed E-state index contributed by atoms with van der Waals surface area (Å²) in [6.45, 7) is 12.0. The van der Waals surface area contributed by atoms with E-state index in [9.17, 15) is 108 Å². The fourth-order valence-electron chi connectivity index (χ4n) is 16.3. The Balaban J connectivity index is 0.000000538. The highest BCUT2D eigenvalue weighted by Gasteiger charge is 2.38. The van der Waals surface area contributed by atoms with Crippen molar-refractivity contribution < 1.29 is 113 Å². The van der Waals surface area contributed by atoms with Gasteiger partial charge >= 0.3 is 5.97 Å². The number of benzene rings is 4. The number of carbonyl (C=O) groups is 14. The van der Waals surface area contributed by atoms with Gasteiger partial charge in [0.15, 0.2) is 23.1 Å². The molecular formula is C102H156N10O23. The number of Topliss-reactive ketones (excluding diaryl/α,β-unsaturated/α-hetero) is 4. The van der Waals surface area contributed by atoms with Gasteiger partial charge in [0.05, 0.1) is 38.5 Å². The van der Waals surface area contributed by atoms with Crippen LogP contribution in [0, 0.1) is 11.8 Å². The number of hydrogen-bond donors (Lipinski definition) is 15. The normalized spacial score (nSPS) is 17.4. The number of hydrogen-bond acceptors (Lipinski definition) is 23. The monoisotopic (exact) mass is 1890 g/mol. The second kappa shape index (κ2) is 62.1. The van der Waals surface area contributed by atoms with Crippen LogP contribution < -0.4 is 32.3 Å². The summed E-state index contributed by atoms with van der Waals surface area (Å²) in [5.74, 6) is -11.6. The number of nitrogens with two attached hydrogens (primary N) is 1. The van der Waals surface area contributed by atoms with Crippen LogP contribution in [0.5, 0.6) is 23.0 Å². The fraction of sp³-hybridized carbons (Fsp3) is 0.627. The Morgan fingerprint density at radius 2 is 0.696 bits per heavy atom. The van der Waals surface area contributed by atoms with Crippen molar-refractivity contribution in [3.63, 3.8) is 0 Å². The largest absolute Gasteiger partial charge is 0.507 e. The lowest BCUT2D eigenvalue weighted by molar-refractivity contribution is -0.143. The predicted octanol–water partition coefficient (Wildman–Crippen LogP) is 11.0. The Labute approximate surface area is 797 Å². The molecule has 0 aliphatic carbocycles. The summed E-state index contributed by atoms with van der Waals surface area (Å²) in [5.41, 5.74) is 7.03. The van der Waals surface area contributed by atoms with Gasteiger partial charge in [-0.3, -0.25) is 62.3 Å². The molecule has 6 rings (SSSR count). The number of nitrogens with zero attached hydrogens (tertiary/aromatic N) is 4. The first kappa shape index (κ1) is 117. The molecule has 0 saturated heterocycles. The predicted molar refractivity (Wildman–Crippen MR) is 515 cm³/mol. The van der Waals surface area contributed by atoms with Crippen molar-refractivity contribution in [1.82, 2.24) is 46.2 Å². The summed E-state index contributed by atoms with van der Waals surface area (Å²) in [5, 5.41) is 104. The van der Waals surface area contributed by atoms with E-state index >= 15 is 0 Å². The van der Waals surface area contributed by atoms with E-state index in [-0.39, 0.29) is 145 Å². The van der Waals surface area contributed by atoms with Crippen molar-refractivity contribution in [1.29, 1.82) is 0 Å². The number of fused-ring (bicyclic) bond motifs is 10. The summed E-state index contributed by atoms with van der Waals surface area (Å²) in [6, 6.07) is 6.77. The van der Waals surface area contributed by atoms with E-state index in [0.29, 0.717) is 24.0 Å². The maximum Gasteiger partial charge on any atom is 0.326 e. The molecule has 33 nitrogen and oxygen atoms in total. The van der Waals surface area contributed by atoms with Crippen LogP contribution in [-0.4, -0.2) is 251 Å². The Bertz CT molecular complexity index is 4480. The summed E-state index contributed by atoms with van der Waals surface area (Å²) in [7, 11) is 5.61. The summed E-state index contributed by atoms with van der Waals surface area (Å²) >= 11 is 0. The molecule has 0 saturated carbocycles. The Morgan fingerprint density at radius 3 is 1.01 bits per heavy atom. The number of aliphatic carboxylic acids is 1. The fourth-order valence-corrected chi connectivity index (χ4v) is 16.3. The standard InChI is InChI=1S/C51H77N5O11.C48H70N4O11.C3H9NO/c1-7-8-9-10-11-12-13-14-15-16-17-18-19-20-46(63)55(5)41(32-58)51(67)53-35(4)42(59)25-26-47(64)56(6)48-37-22-24-44(61)39(30-37)38-28-36(21-23-43(38)60)29-40(50(66)52-34(3)31-57)54-49(65)33(2)27-45(48)62;1-6-7-8-9-10-11-12-13-14-15-16-17-18-19-43(58)51(4)38(30-53)47(61)49-32(3)39(54)24-25-44(59)52(5)45-34-21-23-41(56)36(29-34)35-27-33(20-22-40(35)55)28-37(48(62)63)50-46(60)31(2)26-42(45)57;1-3(4)2-5/h21-24,28,30,33-35,40-41,48,57-58,60-61H,7-20,25-27,29,31-32H2,1-6H3,(H,52,66)(H,53,67)(H,54,65);20-23,27,29,31-32,37-38,45,53,55-56H,6-19,24-26,28,30H2,1-5H3,(H,49,61)(H,50,60)(H,62,63);3,5H,2,4H2,1H3/t33-,34-,35-,40+,41-,48+;31-,32-,37+,38-,45+;3-/m111/s1. The number of nitrogens with one attached hydrogen (secondary N) is 5. The molecule has 135 heavy (non-hydrogen) atoms. The van der Waals surface area contributed by atoms with Gasteiger partial charge in [-0.1, -0.05) is 206 Å². The first-order valence-electron chi connectivity index (χ1n) is 48.6. The molecular weight excluding hydrogens is 1730 g/mol. The van der Waals surface area contributed by atoms with Crippen molar-refractivity contribution in [2.24, 2.45) is 17.6 Å². The molecule has 16 N–H and O–H groups in total. The number of likely N-dealkylation sites (N-methyl/N-ethyl adjacent to an activating group) is 4. The molecule has 0 spiro atoms. The van der Waals surface area contributed by atoms with Gasteiger partial charge in [0.25, 0.3) is 0 Å². The Hall–Kier alpha value is -10.7. The first-order chi connectivity index (χ1) is 64.2. The number of carboxylic acids is 1. The number of carbonyl (C=O) groups excluding carboxylic acids is 13. The molecule has 2 aliphatic heterocycles. The molecule has 2 aliphatic rings. The lowest BCUT2D eigenvalue weighted by Gasteiger charge is -2.30. The van der Waals surface area contributed by atoms with Crippen LogP contribution in [0.2, 0.25) is 0 Å². The van der Waals surface area contributed by atoms with Gasteiger partial charge in [-0.05, 0) is 111 Å². The summed E-state index contributed by atoms with van der Waals surface area (Å²) in [6.07, 6.45) is 28.5. The van der Waals surface area contributed by atoms with Gasteiger partial charge in [0.2, 0.25) is 53.2 Å². The molecule has 12 atom stereocenters. The molecule has 8 bridgehead atoms. The van der Waals surface area contributed by atoms with Crippen LogP contribution in [0.4, 0.5) is 0 Å². The number of phenolic OH excluding ortho intramolecular Hbond substituents is 4. The Morgan fingerprint density at radius 1 is 0.393 bits per heavy atom. The molecule has 4 aromatic rings. The van der Waals surface area contributed by atoms with Gasteiger partial charge in [-0.25, -0.2) is 4.79 Å². The van der Waals surface area contributed by atoms with Gasteiger partial charge in [-0.2, -0.15) is 0 Å². The zero-order valence-electron chi connectivity index (χ0n) is 81.7. The lowest BCUT2D eigenvalue weighted by atomic mass is 9.89. The molecule has 0 fully saturated rings. The van der Waals surface area contributed by atoms with E-state index in [4.69, 9.17) is 10.8 Å². The third-order valence-corrected chi connectivity index (χ3v) is 25.0. The maximum atomic E-state index is 14.2. The highest BCUT2D eigenvalue weighted by molar-refractivity contribution is 5.99. The second-order valence-electron chi connectivity index (χ2n) is 36.6. The summed E-state index contributed by atoms with van der Waals surface area (Å²) in [4.78, 5) is 191. The number of unbranched alkanes of at least 4 members (excludes halogenated alkanes) is 24. The van der Waals surface area contributed by atoms with Crippen LogP contribution in [0.3, 0.4) is 0 Å². The van der Waals surface area contributed by atoms with Crippen molar-refractivity contribution >= 4 is 82.3 Å². The average molecular weight is 1890 g/mol. The molecule has 752 valence electrons. The summed E-state index contributed by atoms with van der Waals surface area (Å²) < 4.78 is 0. The number of carboxylic acid groups (broad SMARTS) is 1. The molecule has 0 unspecified atom stereocenters. The molecule has 4 aromatic carbocycles. The third-order valence-electron chi connectivity index (χ3n) is 25.0. The minimum atomic E-state index is -1.36.